The first-order valence-corrected chi connectivity index (χ1v) is 7.22. The Bertz CT molecular complexity index is 870. The maximum Gasteiger partial charge on any atom is 0.140 e. The highest BCUT2D eigenvalue weighted by Gasteiger charge is 2.11. The average Bonchev–Trinajstić information content (AvgIpc) is 3.15. The van der Waals surface area contributed by atoms with Crippen molar-refractivity contribution in [3.05, 3.63) is 60.0 Å². The van der Waals surface area contributed by atoms with E-state index < -0.39 is 0 Å². The second-order valence-electron chi connectivity index (χ2n) is 4.65. The molecule has 0 unspecified atom stereocenters. The number of hydrogen-bond acceptors (Lipinski definition) is 3. The van der Waals surface area contributed by atoms with Gasteiger partial charge in [-0.1, -0.05) is 18.2 Å². The molecule has 3 aromatic heterocycles. The number of aromatic nitrogens is 4. The van der Waals surface area contributed by atoms with Gasteiger partial charge in [-0.3, -0.25) is 9.55 Å². The Morgan fingerprint density at radius 3 is 2.85 bits per heavy atom. The fourth-order valence-corrected chi connectivity index (χ4v) is 2.96. The summed E-state index contributed by atoms with van der Waals surface area (Å²) >= 11 is 1.60. The van der Waals surface area contributed by atoms with Gasteiger partial charge < -0.3 is 0 Å². The van der Waals surface area contributed by atoms with Crippen LogP contribution in [0.2, 0.25) is 0 Å². The maximum absolute atomic E-state index is 4.60. The summed E-state index contributed by atoms with van der Waals surface area (Å²) in [6, 6.07) is 10.4. The highest BCUT2D eigenvalue weighted by atomic mass is 32.1. The minimum atomic E-state index is 0.963. The van der Waals surface area contributed by atoms with Crippen LogP contribution in [0.4, 0.5) is 0 Å². The lowest BCUT2D eigenvalue weighted by Gasteiger charge is -2.06. The number of rotatable bonds is 2. The van der Waals surface area contributed by atoms with Gasteiger partial charge in [0.25, 0.3) is 0 Å². The van der Waals surface area contributed by atoms with Gasteiger partial charge in [-0.2, -0.15) is 5.10 Å². The van der Waals surface area contributed by atoms with Crippen molar-refractivity contribution in [2.45, 2.75) is 6.92 Å². The highest BCUT2D eigenvalue weighted by Crippen LogP contribution is 2.25. The zero-order valence-corrected chi connectivity index (χ0v) is 11.7. The van der Waals surface area contributed by atoms with Gasteiger partial charge in [-0.05, 0) is 18.6 Å². The molecule has 98 valence electrons. The van der Waals surface area contributed by atoms with E-state index in [2.05, 4.69) is 51.9 Å². The summed E-state index contributed by atoms with van der Waals surface area (Å²) in [5.74, 6) is 0. The Balaban J connectivity index is 1.92. The minimum Gasteiger partial charge on any atom is -0.300 e. The molecule has 4 rings (SSSR count). The van der Waals surface area contributed by atoms with E-state index in [9.17, 15) is 0 Å². The number of benzene rings is 1. The molecule has 0 aliphatic carbocycles. The number of thiazole rings is 1. The number of imidazole rings is 1. The van der Waals surface area contributed by atoms with Gasteiger partial charge in [0.2, 0.25) is 0 Å². The zero-order valence-electron chi connectivity index (χ0n) is 10.9. The molecular formula is C15H12N4S. The Hall–Kier alpha value is -2.40. The molecule has 0 spiro atoms. The Morgan fingerprint density at radius 2 is 2.05 bits per heavy atom. The molecule has 0 aliphatic heterocycles. The van der Waals surface area contributed by atoms with Crippen LogP contribution in [0.1, 0.15) is 5.56 Å². The van der Waals surface area contributed by atoms with E-state index >= 15 is 0 Å². The minimum absolute atomic E-state index is 0.963. The molecule has 3 heterocycles. The second kappa shape index (κ2) is 4.31. The van der Waals surface area contributed by atoms with E-state index in [0.29, 0.717) is 0 Å². The van der Waals surface area contributed by atoms with Gasteiger partial charge in [-0.15, -0.1) is 11.3 Å². The Kier molecular flexibility index (Phi) is 2.47. The summed E-state index contributed by atoms with van der Waals surface area (Å²) in [4.78, 5) is 5.20. The molecule has 0 atom stereocenters. The van der Waals surface area contributed by atoms with Crippen molar-refractivity contribution in [2.75, 3.05) is 0 Å². The largest absolute Gasteiger partial charge is 0.300 e. The van der Waals surface area contributed by atoms with Crippen LogP contribution in [0, 0.1) is 6.92 Å². The number of aryl methyl sites for hydroxylation is 1. The summed E-state index contributed by atoms with van der Waals surface area (Å²) < 4.78 is 4.06. The van der Waals surface area contributed by atoms with Crippen molar-refractivity contribution in [3.63, 3.8) is 0 Å². The van der Waals surface area contributed by atoms with Gasteiger partial charge in [0.1, 0.15) is 11.3 Å². The fraction of sp³-hybridized carbons (Fsp3) is 0.0667. The van der Waals surface area contributed by atoms with Crippen LogP contribution in [0.25, 0.3) is 21.9 Å². The Morgan fingerprint density at radius 1 is 1.15 bits per heavy atom. The fourth-order valence-electron chi connectivity index (χ4n) is 2.38. The summed E-state index contributed by atoms with van der Waals surface area (Å²) in [5.41, 5.74) is 6.27. The lowest BCUT2D eigenvalue weighted by Crippen LogP contribution is -1.94. The van der Waals surface area contributed by atoms with Crippen LogP contribution in [0.5, 0.6) is 0 Å². The third-order valence-corrected chi connectivity index (χ3v) is 4.18. The standard InChI is InChI=1S/C15H12N4S/c1-11-4-2-3-5-13(11)18-6-7-19-15(18)8-12(17-19)14-9-16-10-20-14/h2-10H,1H3. The normalized spacial score (nSPS) is 11.2. The van der Waals surface area contributed by atoms with Crippen LogP contribution in [-0.2, 0) is 0 Å². The lowest BCUT2D eigenvalue weighted by molar-refractivity contribution is 0.969. The maximum atomic E-state index is 4.60. The van der Waals surface area contributed by atoms with Gasteiger partial charge in [0, 0.05) is 30.3 Å². The molecular weight excluding hydrogens is 268 g/mol. The SMILES string of the molecule is Cc1ccccc1-n1ccn2nc(-c3cncs3)cc12. The summed E-state index contributed by atoms with van der Waals surface area (Å²) in [5, 5.41) is 4.60. The van der Waals surface area contributed by atoms with E-state index in [4.69, 9.17) is 0 Å². The number of nitrogens with zero attached hydrogens (tertiary/aromatic N) is 4. The molecule has 0 saturated carbocycles. The van der Waals surface area contributed by atoms with Crippen molar-refractivity contribution >= 4 is 17.0 Å². The van der Waals surface area contributed by atoms with Crippen molar-refractivity contribution in [2.24, 2.45) is 0 Å². The molecule has 4 nitrogen and oxygen atoms in total. The van der Waals surface area contributed by atoms with Crippen LogP contribution in [0.3, 0.4) is 0 Å². The van der Waals surface area contributed by atoms with Crippen molar-refractivity contribution < 1.29 is 0 Å². The average molecular weight is 280 g/mol. The Labute approximate surface area is 119 Å². The van der Waals surface area contributed by atoms with E-state index in [1.54, 1.807) is 11.3 Å². The molecule has 5 heteroatoms. The van der Waals surface area contributed by atoms with E-state index in [1.807, 2.05) is 28.6 Å². The molecule has 0 bridgehead atoms. The first-order valence-electron chi connectivity index (χ1n) is 6.34. The topological polar surface area (TPSA) is 35.1 Å². The first kappa shape index (κ1) is 11.4. The lowest BCUT2D eigenvalue weighted by atomic mass is 10.2. The van der Waals surface area contributed by atoms with Gasteiger partial charge in [0.15, 0.2) is 0 Å². The third-order valence-electron chi connectivity index (χ3n) is 3.38. The predicted octanol–water partition coefficient (Wildman–Crippen LogP) is 3.56. The number of para-hydroxylation sites is 1. The molecule has 20 heavy (non-hydrogen) atoms. The molecule has 1 aromatic carbocycles. The van der Waals surface area contributed by atoms with Crippen molar-refractivity contribution in [3.8, 4) is 16.3 Å². The quantitative estimate of drug-likeness (QED) is 0.563. The van der Waals surface area contributed by atoms with E-state index in [0.717, 1.165) is 16.2 Å². The molecule has 4 aromatic rings. The molecule has 0 N–H and O–H groups in total. The highest BCUT2D eigenvalue weighted by molar-refractivity contribution is 7.13. The summed E-state index contributed by atoms with van der Waals surface area (Å²) in [6.45, 7) is 2.12. The molecule has 0 radical (unpaired) electrons. The monoisotopic (exact) mass is 280 g/mol. The molecule has 0 amide bonds. The number of hydrogen-bond donors (Lipinski definition) is 0. The molecule has 0 aliphatic rings. The molecule has 0 saturated heterocycles. The zero-order chi connectivity index (χ0) is 13.5. The van der Waals surface area contributed by atoms with E-state index in [1.165, 1.54) is 11.3 Å². The first-order chi connectivity index (χ1) is 9.83. The number of fused-ring (bicyclic) bond motifs is 1. The van der Waals surface area contributed by atoms with Crippen LogP contribution in [-0.4, -0.2) is 19.2 Å². The second-order valence-corrected chi connectivity index (χ2v) is 5.54. The smallest absolute Gasteiger partial charge is 0.140 e. The summed E-state index contributed by atoms with van der Waals surface area (Å²) in [6.07, 6.45) is 5.87. The summed E-state index contributed by atoms with van der Waals surface area (Å²) in [7, 11) is 0. The van der Waals surface area contributed by atoms with Crippen molar-refractivity contribution in [1.82, 2.24) is 19.2 Å². The third kappa shape index (κ3) is 1.67. The van der Waals surface area contributed by atoms with Crippen LogP contribution < -0.4 is 0 Å². The van der Waals surface area contributed by atoms with E-state index in [-0.39, 0.29) is 0 Å². The predicted molar refractivity (Wildman–Crippen MR) is 80.4 cm³/mol. The van der Waals surface area contributed by atoms with Crippen molar-refractivity contribution in [1.29, 1.82) is 0 Å². The van der Waals surface area contributed by atoms with Gasteiger partial charge in [0.05, 0.1) is 10.4 Å². The van der Waals surface area contributed by atoms with Gasteiger partial charge in [-0.25, -0.2) is 4.52 Å². The van der Waals surface area contributed by atoms with Crippen LogP contribution in [0.15, 0.2) is 54.4 Å². The van der Waals surface area contributed by atoms with Gasteiger partial charge >= 0.3 is 0 Å². The van der Waals surface area contributed by atoms with Crippen LogP contribution >= 0.6 is 11.3 Å². The molecule has 0 fully saturated rings.